The van der Waals surface area contributed by atoms with Crippen molar-refractivity contribution in [2.75, 3.05) is 13.7 Å². The molecule has 0 amide bonds. The van der Waals surface area contributed by atoms with E-state index in [9.17, 15) is 9.50 Å². The van der Waals surface area contributed by atoms with Gasteiger partial charge < -0.3 is 24.3 Å². The minimum absolute atomic E-state index is 0.128. The Labute approximate surface area is 114 Å². The van der Waals surface area contributed by atoms with Gasteiger partial charge in [-0.05, 0) is 0 Å². The molecule has 1 aromatic carbocycles. The maximum absolute atomic E-state index is 13.8. The molecule has 1 saturated heterocycles. The van der Waals surface area contributed by atoms with Gasteiger partial charge in [0.15, 0.2) is 11.6 Å². The van der Waals surface area contributed by atoms with Crippen LogP contribution in [-0.2, 0) is 4.74 Å². The number of hydrogen-bond donors (Lipinski definition) is 2. The van der Waals surface area contributed by atoms with Crippen molar-refractivity contribution in [1.82, 2.24) is 9.55 Å². The number of hydrogen-bond acceptors (Lipinski definition) is 5. The molecule has 2 aromatic rings. The van der Waals surface area contributed by atoms with Gasteiger partial charge in [-0.1, -0.05) is 0 Å². The summed E-state index contributed by atoms with van der Waals surface area (Å²) in [6, 6.07) is 2.83. The van der Waals surface area contributed by atoms with Crippen LogP contribution in [0.5, 0.6) is 5.75 Å². The van der Waals surface area contributed by atoms with Gasteiger partial charge in [-0.3, -0.25) is 0 Å². The minimum Gasteiger partial charge on any atom is -0.494 e. The highest BCUT2D eigenvalue weighted by atomic mass is 19.1. The summed E-state index contributed by atoms with van der Waals surface area (Å²) in [5.41, 5.74) is 1.13. The molecule has 3 atom stereocenters. The zero-order valence-electron chi connectivity index (χ0n) is 10.9. The Morgan fingerprint density at radius 1 is 1.55 bits per heavy atom. The van der Waals surface area contributed by atoms with E-state index in [4.69, 9.17) is 14.6 Å². The molecule has 7 heteroatoms. The van der Waals surface area contributed by atoms with Crippen LogP contribution in [0.15, 0.2) is 18.5 Å². The summed E-state index contributed by atoms with van der Waals surface area (Å²) in [7, 11) is 1.39. The van der Waals surface area contributed by atoms with Crippen molar-refractivity contribution in [3.63, 3.8) is 0 Å². The third-order valence-electron chi connectivity index (χ3n) is 3.54. The van der Waals surface area contributed by atoms with Gasteiger partial charge in [-0.2, -0.15) is 0 Å². The van der Waals surface area contributed by atoms with E-state index in [1.807, 2.05) is 0 Å². The highest BCUT2D eigenvalue weighted by Crippen LogP contribution is 2.32. The average molecular weight is 282 g/mol. The molecule has 1 aliphatic heterocycles. The molecule has 0 unspecified atom stereocenters. The van der Waals surface area contributed by atoms with Crippen LogP contribution >= 0.6 is 0 Å². The standard InChI is InChI=1S/C13H15FN2O4/c1-19-11-3-8-9(2-7(11)14)16(6-15-8)13-4-10(18)12(5-17)20-13/h2-3,6,10,12-13,17-18H,4-5H2,1H3/t10-,12+,13+/m0/s1. The van der Waals surface area contributed by atoms with Crippen LogP contribution in [-0.4, -0.2) is 45.7 Å². The largest absolute Gasteiger partial charge is 0.494 e. The van der Waals surface area contributed by atoms with E-state index in [1.54, 1.807) is 4.57 Å². The molecule has 0 bridgehead atoms. The molecule has 0 radical (unpaired) electrons. The van der Waals surface area contributed by atoms with Crippen molar-refractivity contribution >= 4 is 11.0 Å². The maximum Gasteiger partial charge on any atom is 0.167 e. The van der Waals surface area contributed by atoms with E-state index in [0.29, 0.717) is 17.5 Å². The first-order valence-corrected chi connectivity index (χ1v) is 6.28. The lowest BCUT2D eigenvalue weighted by atomic mass is 10.2. The van der Waals surface area contributed by atoms with Crippen molar-refractivity contribution in [3.8, 4) is 5.75 Å². The van der Waals surface area contributed by atoms with Gasteiger partial charge in [0, 0.05) is 18.6 Å². The molecule has 20 heavy (non-hydrogen) atoms. The highest BCUT2D eigenvalue weighted by molar-refractivity contribution is 5.77. The number of aliphatic hydroxyl groups is 2. The van der Waals surface area contributed by atoms with Crippen molar-refractivity contribution in [2.45, 2.75) is 24.9 Å². The quantitative estimate of drug-likeness (QED) is 0.871. The van der Waals surface area contributed by atoms with Gasteiger partial charge in [0.1, 0.15) is 12.3 Å². The van der Waals surface area contributed by atoms with Crippen LogP contribution < -0.4 is 4.74 Å². The monoisotopic (exact) mass is 282 g/mol. The molecule has 1 fully saturated rings. The van der Waals surface area contributed by atoms with Crippen molar-refractivity contribution in [1.29, 1.82) is 0 Å². The highest BCUT2D eigenvalue weighted by Gasteiger charge is 2.35. The summed E-state index contributed by atoms with van der Waals surface area (Å²) in [6.07, 6.45) is 0.0106. The SMILES string of the molecule is COc1cc2ncn([C@H]3C[C@H](O)[C@@H](CO)O3)c2cc1F. The smallest absolute Gasteiger partial charge is 0.167 e. The van der Waals surface area contributed by atoms with E-state index < -0.39 is 24.3 Å². The summed E-state index contributed by atoms with van der Waals surface area (Å²) in [5, 5.41) is 18.8. The summed E-state index contributed by atoms with van der Waals surface area (Å²) in [4.78, 5) is 4.18. The topological polar surface area (TPSA) is 76.7 Å². The number of benzene rings is 1. The van der Waals surface area contributed by atoms with Gasteiger partial charge in [0.25, 0.3) is 0 Å². The van der Waals surface area contributed by atoms with Gasteiger partial charge in [0.05, 0.1) is 37.2 Å². The first-order valence-electron chi connectivity index (χ1n) is 6.28. The predicted octanol–water partition coefficient (Wildman–Crippen LogP) is 0.825. The van der Waals surface area contributed by atoms with Crippen LogP contribution in [0.1, 0.15) is 12.6 Å². The van der Waals surface area contributed by atoms with Crippen LogP contribution in [0, 0.1) is 5.82 Å². The van der Waals surface area contributed by atoms with Gasteiger partial charge in [0.2, 0.25) is 0 Å². The lowest BCUT2D eigenvalue weighted by Gasteiger charge is -2.14. The van der Waals surface area contributed by atoms with E-state index in [0.717, 1.165) is 0 Å². The zero-order valence-corrected chi connectivity index (χ0v) is 10.9. The second-order valence-electron chi connectivity index (χ2n) is 4.74. The third kappa shape index (κ3) is 2.04. The third-order valence-corrected chi connectivity index (χ3v) is 3.54. The second kappa shape index (κ2) is 5.01. The Morgan fingerprint density at radius 3 is 3.00 bits per heavy atom. The molecule has 2 N–H and O–H groups in total. The number of aliphatic hydroxyl groups excluding tert-OH is 2. The van der Waals surface area contributed by atoms with Gasteiger partial charge in [-0.25, -0.2) is 9.37 Å². The fourth-order valence-corrected chi connectivity index (χ4v) is 2.47. The van der Waals surface area contributed by atoms with Crippen LogP contribution in [0.2, 0.25) is 0 Å². The van der Waals surface area contributed by atoms with Crippen molar-refractivity contribution in [2.24, 2.45) is 0 Å². The molecule has 2 heterocycles. The molecule has 0 spiro atoms. The lowest BCUT2D eigenvalue weighted by molar-refractivity contribution is -0.0430. The van der Waals surface area contributed by atoms with E-state index in [1.165, 1.54) is 25.6 Å². The maximum atomic E-state index is 13.8. The fourth-order valence-electron chi connectivity index (χ4n) is 2.47. The molecular weight excluding hydrogens is 267 g/mol. The number of fused-ring (bicyclic) bond motifs is 1. The summed E-state index contributed by atoms with van der Waals surface area (Å²) < 4.78 is 25.9. The number of methoxy groups -OCH3 is 1. The van der Waals surface area contributed by atoms with Gasteiger partial charge in [-0.15, -0.1) is 0 Å². The predicted molar refractivity (Wildman–Crippen MR) is 67.9 cm³/mol. The number of ether oxygens (including phenoxy) is 2. The Balaban J connectivity index is 1.99. The van der Waals surface area contributed by atoms with Crippen LogP contribution in [0.3, 0.4) is 0 Å². The van der Waals surface area contributed by atoms with Crippen molar-refractivity contribution < 1.29 is 24.1 Å². The second-order valence-corrected chi connectivity index (χ2v) is 4.74. The molecule has 1 aliphatic rings. The first-order chi connectivity index (χ1) is 9.63. The van der Waals surface area contributed by atoms with Crippen molar-refractivity contribution in [3.05, 3.63) is 24.3 Å². The average Bonchev–Trinajstić information content (AvgIpc) is 3.00. The van der Waals surface area contributed by atoms with E-state index in [-0.39, 0.29) is 12.4 Å². The molecule has 0 saturated carbocycles. The molecular formula is C13H15FN2O4. The molecule has 108 valence electrons. The Kier molecular flexibility index (Phi) is 3.33. The minimum atomic E-state index is -0.745. The number of nitrogens with zero attached hydrogens (tertiary/aromatic N) is 2. The van der Waals surface area contributed by atoms with Gasteiger partial charge >= 0.3 is 0 Å². The molecule has 6 nitrogen and oxygen atoms in total. The summed E-state index contributed by atoms with van der Waals surface area (Å²) in [5.74, 6) is -0.359. The first kappa shape index (κ1) is 13.3. The van der Waals surface area contributed by atoms with Crippen LogP contribution in [0.4, 0.5) is 4.39 Å². The fraction of sp³-hybridized carbons (Fsp3) is 0.462. The zero-order chi connectivity index (χ0) is 14.3. The number of aromatic nitrogens is 2. The number of halogens is 1. The summed E-state index contributed by atoms with van der Waals surface area (Å²) >= 11 is 0. The van der Waals surface area contributed by atoms with Crippen LogP contribution in [0.25, 0.3) is 11.0 Å². The Hall–Kier alpha value is -1.70. The Bertz CT molecular complexity index is 630. The molecule has 3 rings (SSSR count). The summed E-state index contributed by atoms with van der Waals surface area (Å²) in [6.45, 7) is -0.257. The normalized spacial score (nSPS) is 26.3. The van der Waals surface area contributed by atoms with E-state index >= 15 is 0 Å². The number of imidazole rings is 1. The van der Waals surface area contributed by atoms with E-state index in [2.05, 4.69) is 4.98 Å². The Morgan fingerprint density at radius 2 is 2.35 bits per heavy atom. The lowest BCUT2D eigenvalue weighted by Crippen LogP contribution is -2.24. The molecule has 1 aromatic heterocycles. The number of rotatable bonds is 3. The molecule has 0 aliphatic carbocycles.